The predicted molar refractivity (Wildman–Crippen MR) is 157 cm³/mol. The van der Waals surface area contributed by atoms with Gasteiger partial charge in [-0.15, -0.1) is 0 Å². The Bertz CT molecular complexity index is 1430. The summed E-state index contributed by atoms with van der Waals surface area (Å²) in [6.07, 6.45) is 4.41. The van der Waals surface area contributed by atoms with Crippen LogP contribution in [-0.4, -0.2) is 50.3 Å². The summed E-state index contributed by atoms with van der Waals surface area (Å²) in [4.78, 5) is 36.4. The number of hydrogen-bond donors (Lipinski definition) is 2. The van der Waals surface area contributed by atoms with Crippen molar-refractivity contribution in [3.8, 4) is 0 Å². The van der Waals surface area contributed by atoms with Gasteiger partial charge >= 0.3 is 0 Å². The molecule has 2 amide bonds. The zero-order valence-corrected chi connectivity index (χ0v) is 24.4. The molecule has 9 nitrogen and oxygen atoms in total. The molecule has 40 heavy (non-hydrogen) atoms. The first-order chi connectivity index (χ1) is 19.1. The zero-order chi connectivity index (χ0) is 28.9. The van der Waals surface area contributed by atoms with Gasteiger partial charge < -0.3 is 9.80 Å². The zero-order valence-electron chi connectivity index (χ0n) is 23.5. The van der Waals surface area contributed by atoms with E-state index in [0.717, 1.165) is 40.9 Å². The second-order valence-electron chi connectivity index (χ2n) is 10.5. The van der Waals surface area contributed by atoms with Crippen molar-refractivity contribution < 1.29 is 18.0 Å². The van der Waals surface area contributed by atoms with E-state index in [4.69, 9.17) is 0 Å². The van der Waals surface area contributed by atoms with Gasteiger partial charge in [-0.2, -0.15) is 0 Å². The standard InChI is InChI=1S/C30H37N5O4S/c1-5-35-26-13-12-23(17-27(26)33(4)28(36)30(2,3)29(35)37)20-34(16-14-22-9-8-15-31-18-22)21-25-11-7-6-10-24(25)19-32-40(38)39/h6-13,15,17-18,40H,5,14,16,19-21H2,1-4H3,(H,32,38,39). The van der Waals surface area contributed by atoms with Crippen LogP contribution in [0.25, 0.3) is 0 Å². The molecule has 2 aromatic carbocycles. The summed E-state index contributed by atoms with van der Waals surface area (Å²) in [5.74, 6) is -0.445. The summed E-state index contributed by atoms with van der Waals surface area (Å²) in [6.45, 7) is 7.90. The topological polar surface area (TPSA) is 103 Å². The van der Waals surface area contributed by atoms with Gasteiger partial charge in [-0.1, -0.05) is 36.4 Å². The van der Waals surface area contributed by atoms with Crippen LogP contribution in [0.15, 0.2) is 67.0 Å². The summed E-state index contributed by atoms with van der Waals surface area (Å²) in [5.41, 5.74) is 4.35. The number of benzene rings is 2. The number of thiol groups is 1. The molecule has 0 atom stereocenters. The number of carbonyl (C=O) groups excluding carboxylic acids is 2. The van der Waals surface area contributed by atoms with Crippen LogP contribution >= 0.6 is 0 Å². The van der Waals surface area contributed by atoms with Crippen molar-refractivity contribution in [3.05, 3.63) is 89.2 Å². The second kappa shape index (κ2) is 12.7. The summed E-state index contributed by atoms with van der Waals surface area (Å²) < 4.78 is 24.8. The lowest BCUT2D eigenvalue weighted by molar-refractivity contribution is -0.137. The lowest BCUT2D eigenvalue weighted by Crippen LogP contribution is -2.47. The van der Waals surface area contributed by atoms with Crippen molar-refractivity contribution in [2.75, 3.05) is 29.9 Å². The lowest BCUT2D eigenvalue weighted by Gasteiger charge is -2.27. The van der Waals surface area contributed by atoms with E-state index >= 15 is 0 Å². The molecule has 212 valence electrons. The van der Waals surface area contributed by atoms with Gasteiger partial charge in [0.05, 0.1) is 11.4 Å². The van der Waals surface area contributed by atoms with Crippen LogP contribution in [0.4, 0.5) is 11.4 Å². The van der Waals surface area contributed by atoms with Crippen LogP contribution < -0.4 is 14.5 Å². The van der Waals surface area contributed by atoms with E-state index in [9.17, 15) is 18.0 Å². The summed E-state index contributed by atoms with van der Waals surface area (Å²) in [5, 5.41) is 0. The average molecular weight is 564 g/mol. The minimum Gasteiger partial charge on any atom is -0.313 e. The van der Waals surface area contributed by atoms with Crippen molar-refractivity contribution >= 4 is 34.1 Å². The van der Waals surface area contributed by atoms with E-state index in [2.05, 4.69) is 20.7 Å². The van der Waals surface area contributed by atoms with Crippen LogP contribution in [-0.2, 0) is 46.5 Å². The summed E-state index contributed by atoms with van der Waals surface area (Å²) in [7, 11) is -0.969. The van der Waals surface area contributed by atoms with Crippen LogP contribution in [0.3, 0.4) is 0 Å². The third kappa shape index (κ3) is 6.57. The molecule has 10 heteroatoms. The van der Waals surface area contributed by atoms with Gasteiger partial charge in [0.25, 0.3) is 0 Å². The lowest BCUT2D eigenvalue weighted by atomic mass is 9.90. The SMILES string of the molecule is CCN1C(=O)C(C)(C)C(=O)N(C)c2cc(CN(CCc3cccnc3)Cc3ccccc3CN[SH](=O)=O)ccc21. The largest absolute Gasteiger partial charge is 0.313 e. The maximum absolute atomic E-state index is 13.3. The molecule has 1 aromatic heterocycles. The highest BCUT2D eigenvalue weighted by atomic mass is 32.2. The van der Waals surface area contributed by atoms with Crippen molar-refractivity contribution in [2.45, 2.75) is 46.8 Å². The van der Waals surface area contributed by atoms with Gasteiger partial charge in [0.1, 0.15) is 5.41 Å². The number of carbonyl (C=O) groups is 2. The van der Waals surface area contributed by atoms with E-state index < -0.39 is 16.3 Å². The molecule has 1 N–H and O–H groups in total. The van der Waals surface area contributed by atoms with Gasteiger partial charge in [0, 0.05) is 52.2 Å². The molecule has 0 fully saturated rings. The predicted octanol–water partition coefficient (Wildman–Crippen LogP) is 3.30. The molecule has 0 spiro atoms. The Labute approximate surface area is 237 Å². The highest BCUT2D eigenvalue weighted by Gasteiger charge is 2.45. The fourth-order valence-corrected chi connectivity index (χ4v) is 5.42. The number of aromatic nitrogens is 1. The van der Waals surface area contributed by atoms with Crippen LogP contribution in [0.5, 0.6) is 0 Å². The molecule has 0 bridgehead atoms. The fourth-order valence-electron chi connectivity index (χ4n) is 5.13. The molecule has 0 aliphatic carbocycles. The Balaban J connectivity index is 1.65. The maximum atomic E-state index is 13.3. The average Bonchev–Trinajstić information content (AvgIpc) is 3.00. The van der Waals surface area contributed by atoms with Crippen LogP contribution in [0, 0.1) is 5.41 Å². The molecule has 0 unspecified atom stereocenters. The molecule has 0 radical (unpaired) electrons. The number of fused-ring (bicyclic) bond motifs is 1. The monoisotopic (exact) mass is 563 g/mol. The third-order valence-corrected chi connectivity index (χ3v) is 7.80. The number of nitrogens with zero attached hydrogens (tertiary/aromatic N) is 4. The molecule has 0 saturated heterocycles. The number of amides is 2. The minimum atomic E-state index is -2.70. The first-order valence-electron chi connectivity index (χ1n) is 13.4. The normalized spacial score (nSPS) is 15.1. The van der Waals surface area contributed by atoms with Gasteiger partial charge in [0.15, 0.2) is 0 Å². The molecule has 1 aliphatic rings. The van der Waals surface area contributed by atoms with Crippen molar-refractivity contribution in [3.63, 3.8) is 0 Å². The first-order valence-corrected chi connectivity index (χ1v) is 14.6. The van der Waals surface area contributed by atoms with E-state index in [0.29, 0.717) is 25.3 Å². The van der Waals surface area contributed by atoms with Crippen LogP contribution in [0.1, 0.15) is 43.0 Å². The Hall–Kier alpha value is -3.60. The number of anilines is 2. The molecule has 3 aromatic rings. The number of rotatable bonds is 11. The highest BCUT2D eigenvalue weighted by Crippen LogP contribution is 2.39. The second-order valence-corrected chi connectivity index (χ2v) is 11.4. The molecular formula is C30H37N5O4S. The summed E-state index contributed by atoms with van der Waals surface area (Å²) in [6, 6.07) is 17.7. The molecular weight excluding hydrogens is 526 g/mol. The fraction of sp³-hybridized carbons (Fsp3) is 0.367. The quantitative estimate of drug-likeness (QED) is 0.274. The van der Waals surface area contributed by atoms with E-state index in [1.807, 2.05) is 61.7 Å². The first kappa shape index (κ1) is 29.4. The highest BCUT2D eigenvalue weighted by molar-refractivity contribution is 7.70. The van der Waals surface area contributed by atoms with Gasteiger partial charge in [0.2, 0.25) is 22.7 Å². The number of hydrogen-bond acceptors (Lipinski definition) is 6. The van der Waals surface area contributed by atoms with E-state index in [-0.39, 0.29) is 18.4 Å². The minimum absolute atomic E-state index is 0.207. The van der Waals surface area contributed by atoms with Crippen molar-refractivity contribution in [1.82, 2.24) is 14.6 Å². The van der Waals surface area contributed by atoms with Crippen LogP contribution in [0.2, 0.25) is 0 Å². The van der Waals surface area contributed by atoms with Crippen molar-refractivity contribution in [2.24, 2.45) is 5.41 Å². The maximum Gasteiger partial charge on any atom is 0.242 e. The van der Waals surface area contributed by atoms with E-state index in [1.165, 1.54) is 0 Å². The molecule has 4 rings (SSSR count). The summed E-state index contributed by atoms with van der Waals surface area (Å²) >= 11 is 0. The molecule has 2 heterocycles. The Morgan fingerprint density at radius 1 is 0.925 bits per heavy atom. The van der Waals surface area contributed by atoms with Gasteiger partial charge in [-0.05, 0) is 67.6 Å². The smallest absolute Gasteiger partial charge is 0.242 e. The van der Waals surface area contributed by atoms with Gasteiger partial charge in [-0.25, -0.2) is 13.1 Å². The molecule has 0 saturated carbocycles. The van der Waals surface area contributed by atoms with Crippen molar-refractivity contribution in [1.29, 1.82) is 0 Å². The third-order valence-electron chi connectivity index (χ3n) is 7.38. The molecule has 1 aliphatic heterocycles. The van der Waals surface area contributed by atoms with Gasteiger partial charge in [-0.3, -0.25) is 19.5 Å². The number of pyridine rings is 1. The Morgan fingerprint density at radius 2 is 1.68 bits per heavy atom. The van der Waals surface area contributed by atoms with E-state index in [1.54, 1.807) is 36.9 Å². The number of nitrogens with one attached hydrogen (secondary N) is 1. The Kier molecular flexibility index (Phi) is 9.34. The Morgan fingerprint density at radius 3 is 2.35 bits per heavy atom.